The van der Waals surface area contributed by atoms with E-state index in [2.05, 4.69) is 19.2 Å². The van der Waals surface area contributed by atoms with E-state index in [1.807, 2.05) is 0 Å². The highest BCUT2D eigenvalue weighted by molar-refractivity contribution is 4.73. The van der Waals surface area contributed by atoms with Crippen molar-refractivity contribution in [3.05, 3.63) is 0 Å². The third kappa shape index (κ3) is 4.12. The first kappa shape index (κ1) is 11.0. The van der Waals surface area contributed by atoms with Gasteiger partial charge in [-0.05, 0) is 38.1 Å². The molecule has 78 valence electrons. The van der Waals surface area contributed by atoms with Crippen molar-refractivity contribution in [1.82, 2.24) is 5.32 Å². The lowest BCUT2D eigenvalue weighted by atomic mass is 9.81. The molecule has 1 saturated carbocycles. The van der Waals surface area contributed by atoms with Crippen LogP contribution in [-0.4, -0.2) is 12.6 Å². The maximum atomic E-state index is 3.62. The molecule has 0 amide bonds. The van der Waals surface area contributed by atoms with Crippen molar-refractivity contribution in [1.29, 1.82) is 0 Å². The van der Waals surface area contributed by atoms with Crippen molar-refractivity contribution in [2.75, 3.05) is 6.54 Å². The lowest BCUT2D eigenvalue weighted by Crippen LogP contribution is -2.30. The molecule has 0 aromatic heterocycles. The van der Waals surface area contributed by atoms with Crippen molar-refractivity contribution < 1.29 is 0 Å². The Kier molecular flexibility index (Phi) is 5.45. The Morgan fingerprint density at radius 1 is 1.31 bits per heavy atom. The number of hydrogen-bond donors (Lipinski definition) is 1. The normalized spacial score (nSPS) is 19.8. The number of hydrogen-bond acceptors (Lipinski definition) is 1. The Labute approximate surface area is 83.3 Å². The molecule has 13 heavy (non-hydrogen) atoms. The molecular weight excluding hydrogens is 158 g/mol. The average molecular weight is 183 g/mol. The first-order valence-electron chi connectivity index (χ1n) is 6.10. The van der Waals surface area contributed by atoms with Crippen LogP contribution in [0.1, 0.15) is 58.8 Å². The van der Waals surface area contributed by atoms with E-state index in [1.54, 1.807) is 0 Å². The molecule has 1 rings (SSSR count). The summed E-state index contributed by atoms with van der Waals surface area (Å²) in [5.74, 6) is 1.08. The topological polar surface area (TPSA) is 12.0 Å². The number of nitrogens with one attached hydrogen (secondary N) is 1. The molecule has 0 aromatic carbocycles. The van der Waals surface area contributed by atoms with Crippen LogP contribution < -0.4 is 5.32 Å². The molecule has 0 aromatic rings. The van der Waals surface area contributed by atoms with Gasteiger partial charge in [-0.1, -0.05) is 33.1 Å². The standard InChI is InChI=1S/C12H25N/c1-3-10-13-12(4-2)9-8-11-6-5-7-11/h11-13H,3-10H2,1-2H3. The third-order valence-corrected chi connectivity index (χ3v) is 3.32. The summed E-state index contributed by atoms with van der Waals surface area (Å²) in [6.07, 6.45) is 9.93. The Hall–Kier alpha value is -0.0400. The summed E-state index contributed by atoms with van der Waals surface area (Å²) in [5, 5.41) is 3.62. The van der Waals surface area contributed by atoms with E-state index in [-0.39, 0.29) is 0 Å². The van der Waals surface area contributed by atoms with Crippen LogP contribution in [0, 0.1) is 5.92 Å². The second-order valence-electron chi connectivity index (χ2n) is 4.43. The quantitative estimate of drug-likeness (QED) is 0.638. The highest BCUT2D eigenvalue weighted by Gasteiger charge is 2.18. The van der Waals surface area contributed by atoms with Gasteiger partial charge in [-0.25, -0.2) is 0 Å². The fourth-order valence-electron chi connectivity index (χ4n) is 2.02. The predicted octanol–water partition coefficient (Wildman–Crippen LogP) is 3.34. The van der Waals surface area contributed by atoms with Crippen LogP contribution in [0.3, 0.4) is 0 Å². The van der Waals surface area contributed by atoms with E-state index in [1.165, 1.54) is 51.5 Å². The maximum absolute atomic E-state index is 3.62. The van der Waals surface area contributed by atoms with Crippen LogP contribution in [0.5, 0.6) is 0 Å². The molecule has 1 fully saturated rings. The molecule has 0 bridgehead atoms. The van der Waals surface area contributed by atoms with E-state index >= 15 is 0 Å². The van der Waals surface area contributed by atoms with Crippen molar-refractivity contribution in [3.8, 4) is 0 Å². The summed E-state index contributed by atoms with van der Waals surface area (Å²) in [6, 6.07) is 0.792. The van der Waals surface area contributed by atoms with Crippen LogP contribution in [0.15, 0.2) is 0 Å². The Bertz CT molecular complexity index is 118. The van der Waals surface area contributed by atoms with Gasteiger partial charge in [0.2, 0.25) is 0 Å². The predicted molar refractivity (Wildman–Crippen MR) is 58.9 cm³/mol. The Morgan fingerprint density at radius 3 is 2.54 bits per heavy atom. The highest BCUT2D eigenvalue weighted by Crippen LogP contribution is 2.30. The summed E-state index contributed by atoms with van der Waals surface area (Å²) in [6.45, 7) is 5.74. The van der Waals surface area contributed by atoms with Gasteiger partial charge in [-0.15, -0.1) is 0 Å². The summed E-state index contributed by atoms with van der Waals surface area (Å²) in [7, 11) is 0. The maximum Gasteiger partial charge on any atom is 0.00645 e. The van der Waals surface area contributed by atoms with E-state index in [0.29, 0.717) is 0 Å². The molecule has 1 atom stereocenters. The van der Waals surface area contributed by atoms with Gasteiger partial charge in [-0.3, -0.25) is 0 Å². The van der Waals surface area contributed by atoms with Crippen molar-refractivity contribution in [2.24, 2.45) is 5.92 Å². The molecule has 0 radical (unpaired) electrons. The van der Waals surface area contributed by atoms with Crippen molar-refractivity contribution >= 4 is 0 Å². The Morgan fingerprint density at radius 2 is 2.08 bits per heavy atom. The third-order valence-electron chi connectivity index (χ3n) is 3.32. The Balaban J connectivity index is 2.00. The molecule has 1 unspecified atom stereocenters. The van der Waals surface area contributed by atoms with E-state index in [4.69, 9.17) is 0 Å². The molecule has 1 nitrogen and oxygen atoms in total. The second kappa shape index (κ2) is 6.42. The molecule has 1 aliphatic carbocycles. The van der Waals surface area contributed by atoms with Crippen molar-refractivity contribution in [2.45, 2.75) is 64.8 Å². The second-order valence-corrected chi connectivity index (χ2v) is 4.43. The first-order valence-corrected chi connectivity index (χ1v) is 6.10. The largest absolute Gasteiger partial charge is 0.314 e. The van der Waals surface area contributed by atoms with Crippen LogP contribution in [0.4, 0.5) is 0 Å². The van der Waals surface area contributed by atoms with Crippen LogP contribution >= 0.6 is 0 Å². The van der Waals surface area contributed by atoms with Crippen LogP contribution in [0.2, 0.25) is 0 Å². The molecule has 0 heterocycles. The zero-order valence-electron chi connectivity index (χ0n) is 9.31. The van der Waals surface area contributed by atoms with Gasteiger partial charge in [0, 0.05) is 6.04 Å². The summed E-state index contributed by atoms with van der Waals surface area (Å²) in [5.41, 5.74) is 0. The van der Waals surface area contributed by atoms with Gasteiger partial charge in [0.15, 0.2) is 0 Å². The van der Waals surface area contributed by atoms with Crippen LogP contribution in [-0.2, 0) is 0 Å². The molecule has 1 N–H and O–H groups in total. The monoisotopic (exact) mass is 183 g/mol. The minimum absolute atomic E-state index is 0.792. The van der Waals surface area contributed by atoms with Gasteiger partial charge >= 0.3 is 0 Å². The SMILES string of the molecule is CCCNC(CC)CCC1CCC1. The van der Waals surface area contributed by atoms with Gasteiger partial charge in [0.1, 0.15) is 0 Å². The molecule has 0 saturated heterocycles. The molecule has 1 aliphatic rings. The molecule has 1 heteroatoms. The number of rotatable bonds is 7. The van der Waals surface area contributed by atoms with Crippen LogP contribution in [0.25, 0.3) is 0 Å². The van der Waals surface area contributed by atoms with Gasteiger partial charge in [0.25, 0.3) is 0 Å². The fourth-order valence-corrected chi connectivity index (χ4v) is 2.02. The van der Waals surface area contributed by atoms with Crippen molar-refractivity contribution in [3.63, 3.8) is 0 Å². The summed E-state index contributed by atoms with van der Waals surface area (Å²) >= 11 is 0. The van der Waals surface area contributed by atoms with Gasteiger partial charge in [0.05, 0.1) is 0 Å². The van der Waals surface area contributed by atoms with Gasteiger partial charge < -0.3 is 5.32 Å². The van der Waals surface area contributed by atoms with E-state index in [9.17, 15) is 0 Å². The zero-order valence-corrected chi connectivity index (χ0v) is 9.31. The molecule has 0 aliphatic heterocycles. The molecular formula is C12H25N. The minimum Gasteiger partial charge on any atom is -0.314 e. The fraction of sp³-hybridized carbons (Fsp3) is 1.00. The van der Waals surface area contributed by atoms with E-state index < -0.39 is 0 Å². The minimum atomic E-state index is 0.792. The average Bonchev–Trinajstić information content (AvgIpc) is 2.08. The lowest BCUT2D eigenvalue weighted by Gasteiger charge is -2.27. The first-order chi connectivity index (χ1) is 6.36. The van der Waals surface area contributed by atoms with Gasteiger partial charge in [-0.2, -0.15) is 0 Å². The van der Waals surface area contributed by atoms with E-state index in [0.717, 1.165) is 12.0 Å². The zero-order chi connectivity index (χ0) is 9.52. The molecule has 0 spiro atoms. The summed E-state index contributed by atoms with van der Waals surface area (Å²) in [4.78, 5) is 0. The highest BCUT2D eigenvalue weighted by atomic mass is 14.9. The summed E-state index contributed by atoms with van der Waals surface area (Å²) < 4.78 is 0. The lowest BCUT2D eigenvalue weighted by molar-refractivity contribution is 0.273. The smallest absolute Gasteiger partial charge is 0.00645 e.